The molecule has 4 rings (SSSR count). The summed E-state index contributed by atoms with van der Waals surface area (Å²) in [5.41, 5.74) is 9.98. The lowest BCUT2D eigenvalue weighted by Crippen LogP contribution is -2.15. The highest BCUT2D eigenvalue weighted by Gasteiger charge is 2.19. The third-order valence-electron chi connectivity index (χ3n) is 5.60. The van der Waals surface area contributed by atoms with Crippen molar-refractivity contribution >= 4 is 0 Å². The number of nitrogens with zero attached hydrogens (tertiary/aromatic N) is 3. The van der Waals surface area contributed by atoms with Crippen LogP contribution in [0, 0.1) is 18.3 Å². The second-order valence-corrected chi connectivity index (χ2v) is 7.91. The molecule has 1 atom stereocenters. The zero-order valence-corrected chi connectivity index (χ0v) is 18.0. The highest BCUT2D eigenvalue weighted by atomic mass is 16.5. The Morgan fingerprint density at radius 2 is 2.03 bits per heavy atom. The Labute approximate surface area is 187 Å². The summed E-state index contributed by atoms with van der Waals surface area (Å²) in [6.45, 7) is 3.56. The van der Waals surface area contributed by atoms with Crippen LogP contribution in [0.4, 0.5) is 0 Å². The molecule has 1 saturated heterocycles. The van der Waals surface area contributed by atoms with Gasteiger partial charge in [-0.3, -0.25) is 9.97 Å². The minimum Gasteiger partial charge on any atom is -0.456 e. The smallest absolute Gasteiger partial charge is 0.138 e. The van der Waals surface area contributed by atoms with Gasteiger partial charge in [0.15, 0.2) is 0 Å². The largest absolute Gasteiger partial charge is 0.456 e. The lowest BCUT2D eigenvalue weighted by Gasteiger charge is -2.22. The molecule has 2 aromatic heterocycles. The average molecular weight is 431 g/mol. The number of aliphatic hydroxyl groups excluding tert-OH is 1. The van der Waals surface area contributed by atoms with Gasteiger partial charge in [-0.25, -0.2) is 0 Å². The first-order valence-electron chi connectivity index (χ1n) is 10.7. The second kappa shape index (κ2) is 9.88. The maximum absolute atomic E-state index is 9.93. The van der Waals surface area contributed by atoms with Crippen molar-refractivity contribution in [1.29, 1.82) is 5.26 Å². The first-order valence-corrected chi connectivity index (χ1v) is 10.7. The third kappa shape index (κ3) is 4.94. The third-order valence-corrected chi connectivity index (χ3v) is 5.60. The maximum Gasteiger partial charge on any atom is 0.138 e. The van der Waals surface area contributed by atoms with Gasteiger partial charge in [0, 0.05) is 66.5 Å². The summed E-state index contributed by atoms with van der Waals surface area (Å²) >= 11 is 0. The summed E-state index contributed by atoms with van der Waals surface area (Å²) < 4.78 is 11.8. The number of pyridine rings is 2. The monoisotopic (exact) mass is 430 g/mol. The number of nitriles is 1. The quantitative estimate of drug-likeness (QED) is 0.607. The molecule has 3 aromatic rings. The summed E-state index contributed by atoms with van der Waals surface area (Å²) in [7, 11) is 0. The van der Waals surface area contributed by atoms with E-state index in [9.17, 15) is 10.4 Å². The second-order valence-electron chi connectivity index (χ2n) is 7.91. The lowest BCUT2D eigenvalue weighted by atomic mass is 9.95. The van der Waals surface area contributed by atoms with Crippen LogP contribution in [0.5, 0.6) is 11.5 Å². The average Bonchev–Trinajstić information content (AvgIpc) is 2.84. The highest BCUT2D eigenvalue weighted by molar-refractivity contribution is 5.69. The number of aromatic nitrogens is 2. The van der Waals surface area contributed by atoms with Gasteiger partial charge in [0.1, 0.15) is 11.5 Å². The Kier molecular flexibility index (Phi) is 6.76. The van der Waals surface area contributed by atoms with Gasteiger partial charge in [-0.1, -0.05) is 6.07 Å². The van der Waals surface area contributed by atoms with E-state index in [2.05, 4.69) is 11.1 Å². The number of ether oxygens (including phenoxy) is 2. The molecule has 1 fully saturated rings. The van der Waals surface area contributed by atoms with Gasteiger partial charge in [-0.2, -0.15) is 5.26 Å². The highest BCUT2D eigenvalue weighted by Crippen LogP contribution is 2.35. The van der Waals surface area contributed by atoms with Gasteiger partial charge >= 0.3 is 0 Å². The van der Waals surface area contributed by atoms with Crippen LogP contribution in [0.15, 0.2) is 48.7 Å². The molecule has 3 N–H and O–H groups in total. The van der Waals surface area contributed by atoms with E-state index in [1.165, 1.54) is 0 Å². The van der Waals surface area contributed by atoms with Crippen molar-refractivity contribution < 1.29 is 14.6 Å². The van der Waals surface area contributed by atoms with Crippen LogP contribution in [0.2, 0.25) is 0 Å². The van der Waals surface area contributed by atoms with Crippen LogP contribution in [0.25, 0.3) is 11.3 Å². The van der Waals surface area contributed by atoms with Crippen molar-refractivity contribution in [3.63, 3.8) is 0 Å². The Morgan fingerprint density at radius 1 is 1.22 bits per heavy atom. The summed E-state index contributed by atoms with van der Waals surface area (Å²) in [6.07, 6.45) is 2.73. The first kappa shape index (κ1) is 21.9. The molecule has 32 heavy (non-hydrogen) atoms. The fourth-order valence-corrected chi connectivity index (χ4v) is 3.84. The van der Waals surface area contributed by atoms with Crippen molar-refractivity contribution in [2.75, 3.05) is 19.8 Å². The number of benzene rings is 1. The van der Waals surface area contributed by atoms with Gasteiger partial charge in [0.25, 0.3) is 0 Å². The number of nitrogens with two attached hydrogens (primary N) is 1. The zero-order chi connectivity index (χ0) is 22.5. The SMILES string of the molecule is Cc1cc(Oc2cc(C#N)ccc2-c2ccc(C(O)CN)cn2)cc(C2CCOCC2)n1. The molecule has 0 radical (unpaired) electrons. The molecular weight excluding hydrogens is 404 g/mol. The van der Waals surface area contributed by atoms with E-state index in [4.69, 9.17) is 20.2 Å². The first-order chi connectivity index (χ1) is 15.6. The molecule has 0 bridgehead atoms. The van der Waals surface area contributed by atoms with Crippen molar-refractivity contribution in [1.82, 2.24) is 9.97 Å². The fourth-order valence-electron chi connectivity index (χ4n) is 3.84. The number of hydrogen-bond acceptors (Lipinski definition) is 7. The fraction of sp³-hybridized carbons (Fsp3) is 0.320. The van der Waals surface area contributed by atoms with Crippen molar-refractivity contribution in [2.45, 2.75) is 31.8 Å². The standard InChI is InChI=1S/C25H26N4O3/c1-16-10-20(12-23(29-16)18-6-8-31-9-7-18)32-25-11-17(13-26)2-4-21(25)22-5-3-19(15-28-22)24(30)14-27/h2-5,10-12,15,18,24,30H,6-9,14,27H2,1H3. The summed E-state index contributed by atoms with van der Waals surface area (Å²) in [4.78, 5) is 9.19. The maximum atomic E-state index is 9.93. The molecular formula is C25H26N4O3. The van der Waals surface area contributed by atoms with E-state index in [0.29, 0.717) is 34.2 Å². The van der Waals surface area contributed by atoms with Gasteiger partial charge in [0.05, 0.1) is 23.4 Å². The summed E-state index contributed by atoms with van der Waals surface area (Å²) in [5, 5.41) is 19.3. The van der Waals surface area contributed by atoms with Gasteiger partial charge < -0.3 is 20.3 Å². The minimum atomic E-state index is -0.753. The number of rotatable bonds is 6. The van der Waals surface area contributed by atoms with Gasteiger partial charge in [-0.05, 0) is 44.0 Å². The molecule has 1 aromatic carbocycles. The predicted octanol–water partition coefficient (Wildman–Crippen LogP) is 4.00. The van der Waals surface area contributed by atoms with Crippen LogP contribution in [-0.2, 0) is 4.74 Å². The topological polar surface area (TPSA) is 114 Å². The van der Waals surface area contributed by atoms with Crippen molar-refractivity contribution in [3.05, 3.63) is 71.2 Å². The summed E-state index contributed by atoms with van der Waals surface area (Å²) in [6, 6.07) is 14.9. The van der Waals surface area contributed by atoms with Crippen molar-refractivity contribution in [2.24, 2.45) is 5.73 Å². The Bertz CT molecular complexity index is 1120. The normalized spacial score (nSPS) is 15.2. The molecule has 0 spiro atoms. The van der Waals surface area contributed by atoms with Crippen LogP contribution in [-0.4, -0.2) is 34.8 Å². The molecule has 3 heterocycles. The number of aryl methyl sites for hydroxylation is 1. The Balaban J connectivity index is 1.68. The molecule has 1 unspecified atom stereocenters. The molecule has 7 heteroatoms. The molecule has 0 amide bonds. The predicted molar refractivity (Wildman–Crippen MR) is 120 cm³/mol. The summed E-state index contributed by atoms with van der Waals surface area (Å²) in [5.74, 6) is 1.55. The molecule has 0 saturated carbocycles. The van der Waals surface area contributed by atoms with E-state index < -0.39 is 6.10 Å². The van der Waals surface area contributed by atoms with Crippen LogP contribution < -0.4 is 10.5 Å². The zero-order valence-electron chi connectivity index (χ0n) is 18.0. The lowest BCUT2D eigenvalue weighted by molar-refractivity contribution is 0.0844. The number of aliphatic hydroxyl groups is 1. The van der Waals surface area contributed by atoms with E-state index >= 15 is 0 Å². The molecule has 1 aliphatic heterocycles. The molecule has 0 aliphatic carbocycles. The van der Waals surface area contributed by atoms with E-state index in [1.807, 2.05) is 31.2 Å². The van der Waals surface area contributed by atoms with E-state index in [1.54, 1.807) is 24.4 Å². The van der Waals surface area contributed by atoms with Crippen LogP contribution in [0.3, 0.4) is 0 Å². The Hall–Kier alpha value is -3.31. The molecule has 1 aliphatic rings. The molecule has 7 nitrogen and oxygen atoms in total. The molecule has 164 valence electrons. The minimum absolute atomic E-state index is 0.128. The van der Waals surface area contributed by atoms with Gasteiger partial charge in [0.2, 0.25) is 0 Å². The Morgan fingerprint density at radius 3 is 2.72 bits per heavy atom. The van der Waals surface area contributed by atoms with E-state index in [0.717, 1.165) is 43.0 Å². The van der Waals surface area contributed by atoms with Gasteiger partial charge in [-0.15, -0.1) is 0 Å². The van der Waals surface area contributed by atoms with Crippen LogP contribution >= 0.6 is 0 Å². The van der Waals surface area contributed by atoms with E-state index in [-0.39, 0.29) is 6.54 Å². The number of hydrogen-bond donors (Lipinski definition) is 2. The van der Waals surface area contributed by atoms with Crippen molar-refractivity contribution in [3.8, 4) is 28.8 Å². The van der Waals surface area contributed by atoms with Crippen LogP contribution in [0.1, 0.15) is 47.4 Å².